The standard InChI is InChI=1S/C13H20O4/c1-2-16-12(15)10-5-8-17-13(9-11(10)14)6-3-4-7-13/h10H,2-9H2,1H3. The van der Waals surface area contributed by atoms with Gasteiger partial charge in [0, 0.05) is 13.0 Å². The Labute approximate surface area is 102 Å². The molecule has 0 N–H and O–H groups in total. The monoisotopic (exact) mass is 240 g/mol. The number of hydrogen-bond donors (Lipinski definition) is 0. The van der Waals surface area contributed by atoms with Crippen molar-refractivity contribution in [2.75, 3.05) is 13.2 Å². The molecule has 4 heteroatoms. The molecule has 1 aliphatic carbocycles. The number of carbonyl (C=O) groups excluding carboxylic acids is 2. The molecule has 96 valence electrons. The number of ketones is 1. The summed E-state index contributed by atoms with van der Waals surface area (Å²) in [7, 11) is 0. The van der Waals surface area contributed by atoms with Crippen molar-refractivity contribution in [1.29, 1.82) is 0 Å². The van der Waals surface area contributed by atoms with Gasteiger partial charge in [0.2, 0.25) is 0 Å². The van der Waals surface area contributed by atoms with Gasteiger partial charge in [-0.1, -0.05) is 12.8 Å². The Kier molecular flexibility index (Phi) is 3.82. The normalized spacial score (nSPS) is 28.1. The third-order valence-corrected chi connectivity index (χ3v) is 3.79. The molecule has 1 heterocycles. The van der Waals surface area contributed by atoms with Crippen molar-refractivity contribution >= 4 is 11.8 Å². The summed E-state index contributed by atoms with van der Waals surface area (Å²) in [6, 6.07) is 0. The number of carbonyl (C=O) groups is 2. The van der Waals surface area contributed by atoms with Crippen molar-refractivity contribution < 1.29 is 19.1 Å². The maximum atomic E-state index is 12.1. The fourth-order valence-corrected chi connectivity index (χ4v) is 2.88. The van der Waals surface area contributed by atoms with Gasteiger partial charge in [0.25, 0.3) is 0 Å². The summed E-state index contributed by atoms with van der Waals surface area (Å²) in [6.07, 6.45) is 5.01. The van der Waals surface area contributed by atoms with E-state index in [9.17, 15) is 9.59 Å². The SMILES string of the molecule is CCOC(=O)C1CCOC2(CCCC2)CC1=O. The summed E-state index contributed by atoms with van der Waals surface area (Å²) in [5, 5.41) is 0. The van der Waals surface area contributed by atoms with Crippen molar-refractivity contribution in [3.8, 4) is 0 Å². The zero-order valence-electron chi connectivity index (χ0n) is 10.4. The summed E-state index contributed by atoms with van der Waals surface area (Å²) in [5.74, 6) is -0.978. The van der Waals surface area contributed by atoms with E-state index in [0.717, 1.165) is 25.7 Å². The van der Waals surface area contributed by atoms with Crippen molar-refractivity contribution in [3.05, 3.63) is 0 Å². The predicted molar refractivity (Wildman–Crippen MR) is 61.5 cm³/mol. The molecule has 1 atom stereocenters. The van der Waals surface area contributed by atoms with Crippen LogP contribution in [0.2, 0.25) is 0 Å². The molecule has 0 bridgehead atoms. The van der Waals surface area contributed by atoms with Crippen LogP contribution in [-0.4, -0.2) is 30.6 Å². The van der Waals surface area contributed by atoms with Crippen LogP contribution < -0.4 is 0 Å². The smallest absolute Gasteiger partial charge is 0.316 e. The largest absolute Gasteiger partial charge is 0.465 e. The number of Topliss-reactive ketones (excluding diaryl/α,β-unsaturated/α-hetero) is 1. The van der Waals surface area contributed by atoms with Gasteiger partial charge in [-0.2, -0.15) is 0 Å². The third-order valence-electron chi connectivity index (χ3n) is 3.79. The van der Waals surface area contributed by atoms with Crippen LogP contribution in [0.5, 0.6) is 0 Å². The lowest BCUT2D eigenvalue weighted by molar-refractivity contribution is -0.151. The van der Waals surface area contributed by atoms with E-state index in [4.69, 9.17) is 9.47 Å². The highest BCUT2D eigenvalue weighted by Gasteiger charge is 2.43. The molecule has 2 fully saturated rings. The van der Waals surface area contributed by atoms with Gasteiger partial charge >= 0.3 is 5.97 Å². The molecule has 0 radical (unpaired) electrons. The van der Waals surface area contributed by atoms with Crippen LogP contribution in [0.4, 0.5) is 0 Å². The lowest BCUT2D eigenvalue weighted by atomic mass is 9.90. The maximum Gasteiger partial charge on any atom is 0.316 e. The molecule has 17 heavy (non-hydrogen) atoms. The highest BCUT2D eigenvalue weighted by Crippen LogP contribution is 2.39. The molecule has 1 aliphatic heterocycles. The van der Waals surface area contributed by atoms with Crippen LogP contribution in [0.1, 0.15) is 45.4 Å². The molecule has 0 aromatic carbocycles. The quantitative estimate of drug-likeness (QED) is 0.546. The molecular weight excluding hydrogens is 220 g/mol. The second kappa shape index (κ2) is 5.17. The van der Waals surface area contributed by atoms with E-state index in [-0.39, 0.29) is 17.4 Å². The van der Waals surface area contributed by atoms with Gasteiger partial charge < -0.3 is 9.47 Å². The molecular formula is C13H20O4. The topological polar surface area (TPSA) is 52.6 Å². The zero-order chi connectivity index (χ0) is 12.3. The second-order valence-corrected chi connectivity index (χ2v) is 4.97. The summed E-state index contributed by atoms with van der Waals surface area (Å²) < 4.78 is 10.8. The Morgan fingerprint density at radius 2 is 2.18 bits per heavy atom. The highest BCUT2D eigenvalue weighted by molar-refractivity contribution is 5.99. The average molecular weight is 240 g/mol. The summed E-state index contributed by atoms with van der Waals surface area (Å²) in [4.78, 5) is 23.8. The fourth-order valence-electron chi connectivity index (χ4n) is 2.88. The van der Waals surface area contributed by atoms with Gasteiger partial charge in [0.05, 0.1) is 12.2 Å². The number of esters is 1. The fraction of sp³-hybridized carbons (Fsp3) is 0.846. The summed E-state index contributed by atoms with van der Waals surface area (Å²) in [6.45, 7) is 2.58. The van der Waals surface area contributed by atoms with Gasteiger partial charge in [-0.3, -0.25) is 9.59 Å². The van der Waals surface area contributed by atoms with Crippen molar-refractivity contribution in [2.45, 2.75) is 51.0 Å². The Balaban J connectivity index is 2.03. The summed E-state index contributed by atoms with van der Waals surface area (Å²) >= 11 is 0. The molecule has 1 unspecified atom stereocenters. The van der Waals surface area contributed by atoms with E-state index in [1.54, 1.807) is 6.92 Å². The van der Waals surface area contributed by atoms with E-state index in [1.807, 2.05) is 0 Å². The van der Waals surface area contributed by atoms with Crippen LogP contribution >= 0.6 is 0 Å². The lowest BCUT2D eigenvalue weighted by Gasteiger charge is -2.26. The first-order chi connectivity index (χ1) is 8.17. The molecule has 0 amide bonds. The molecule has 4 nitrogen and oxygen atoms in total. The average Bonchev–Trinajstić information content (AvgIpc) is 2.65. The molecule has 2 aliphatic rings. The minimum atomic E-state index is -0.602. The van der Waals surface area contributed by atoms with Crippen molar-refractivity contribution in [2.24, 2.45) is 5.92 Å². The Morgan fingerprint density at radius 1 is 1.47 bits per heavy atom. The highest BCUT2D eigenvalue weighted by atomic mass is 16.5. The third kappa shape index (κ3) is 2.68. The first kappa shape index (κ1) is 12.6. The maximum absolute atomic E-state index is 12.1. The van der Waals surface area contributed by atoms with Crippen molar-refractivity contribution in [3.63, 3.8) is 0 Å². The first-order valence-electron chi connectivity index (χ1n) is 6.50. The van der Waals surface area contributed by atoms with Crippen LogP contribution in [0.15, 0.2) is 0 Å². The predicted octanol–water partition coefficient (Wildman–Crippen LogP) is 1.86. The van der Waals surface area contributed by atoms with Gasteiger partial charge in [0.1, 0.15) is 11.7 Å². The Bertz CT molecular complexity index is 305. The number of rotatable bonds is 2. The van der Waals surface area contributed by atoms with Crippen LogP contribution in [0.25, 0.3) is 0 Å². The molecule has 0 aromatic rings. The van der Waals surface area contributed by atoms with E-state index in [0.29, 0.717) is 26.1 Å². The van der Waals surface area contributed by atoms with Crippen LogP contribution in [0, 0.1) is 5.92 Å². The number of hydrogen-bond acceptors (Lipinski definition) is 4. The Hall–Kier alpha value is -0.900. The molecule has 2 rings (SSSR count). The van der Waals surface area contributed by atoms with E-state index >= 15 is 0 Å². The first-order valence-corrected chi connectivity index (χ1v) is 6.50. The van der Waals surface area contributed by atoms with Crippen molar-refractivity contribution in [1.82, 2.24) is 0 Å². The van der Waals surface area contributed by atoms with Gasteiger partial charge in [-0.15, -0.1) is 0 Å². The minimum absolute atomic E-state index is 0.00264. The zero-order valence-corrected chi connectivity index (χ0v) is 10.4. The molecule has 1 saturated heterocycles. The van der Waals surface area contributed by atoms with Crippen LogP contribution in [-0.2, 0) is 19.1 Å². The minimum Gasteiger partial charge on any atom is -0.465 e. The summed E-state index contributed by atoms with van der Waals surface area (Å²) in [5.41, 5.74) is -0.266. The van der Waals surface area contributed by atoms with E-state index in [2.05, 4.69) is 0 Å². The van der Waals surface area contributed by atoms with Gasteiger partial charge in [-0.05, 0) is 26.2 Å². The number of ether oxygens (including phenoxy) is 2. The van der Waals surface area contributed by atoms with Crippen LogP contribution in [0.3, 0.4) is 0 Å². The van der Waals surface area contributed by atoms with Gasteiger partial charge in [-0.25, -0.2) is 0 Å². The van der Waals surface area contributed by atoms with Gasteiger partial charge in [0.15, 0.2) is 0 Å². The van der Waals surface area contributed by atoms with E-state index in [1.165, 1.54) is 0 Å². The lowest BCUT2D eigenvalue weighted by Crippen LogP contribution is -2.32. The second-order valence-electron chi connectivity index (χ2n) is 4.97. The molecule has 0 aromatic heterocycles. The molecule has 1 spiro atoms. The molecule has 1 saturated carbocycles. The van der Waals surface area contributed by atoms with E-state index < -0.39 is 5.92 Å². The Morgan fingerprint density at radius 3 is 2.82 bits per heavy atom.